The fourth-order valence-electron chi connectivity index (χ4n) is 11.1. The molecule has 0 aromatic heterocycles. The number of ether oxygens (including phenoxy) is 7. The Balaban J connectivity index is 1.55. The quantitative estimate of drug-likeness (QED) is 0.0937. The molecule has 70 heavy (non-hydrogen) atoms. The van der Waals surface area contributed by atoms with Gasteiger partial charge in [0.15, 0.2) is 12.6 Å². The summed E-state index contributed by atoms with van der Waals surface area (Å²) in [5.74, 6) is -1.01. The highest BCUT2D eigenvalue weighted by Gasteiger charge is 2.48. The van der Waals surface area contributed by atoms with Gasteiger partial charge in [-0.1, -0.05) is 87.8 Å². The van der Waals surface area contributed by atoms with Gasteiger partial charge in [-0.15, -0.1) is 0 Å². The third-order valence-corrected chi connectivity index (χ3v) is 15.0. The third kappa shape index (κ3) is 16.1. The molecule has 3 saturated heterocycles. The summed E-state index contributed by atoms with van der Waals surface area (Å²) < 4.78 is 43.4. The zero-order valence-corrected chi connectivity index (χ0v) is 44.2. The van der Waals surface area contributed by atoms with Gasteiger partial charge in [0.2, 0.25) is 0 Å². The van der Waals surface area contributed by atoms with E-state index < -0.39 is 97.5 Å². The van der Waals surface area contributed by atoms with Crippen molar-refractivity contribution in [2.75, 3.05) is 61.2 Å². The summed E-state index contributed by atoms with van der Waals surface area (Å²) in [5.41, 5.74) is 2.72. The highest BCUT2D eigenvalue weighted by atomic mass is 16.7. The molecule has 16 heteroatoms. The van der Waals surface area contributed by atoms with Crippen molar-refractivity contribution >= 4 is 11.7 Å². The Morgan fingerprint density at radius 3 is 2.13 bits per heavy atom. The summed E-state index contributed by atoms with van der Waals surface area (Å²) >= 11 is 0. The summed E-state index contributed by atoms with van der Waals surface area (Å²) in [6.07, 6.45) is -1.24. The van der Waals surface area contributed by atoms with Gasteiger partial charge in [0, 0.05) is 51.5 Å². The number of hydrogen-bond acceptors (Lipinski definition) is 16. The van der Waals surface area contributed by atoms with Crippen molar-refractivity contribution in [3.63, 3.8) is 0 Å². The van der Waals surface area contributed by atoms with E-state index in [-0.39, 0.29) is 24.9 Å². The lowest BCUT2D eigenvalue weighted by molar-refractivity contribution is -0.304. The highest BCUT2D eigenvalue weighted by Crippen LogP contribution is 2.36. The molecule has 4 heterocycles. The van der Waals surface area contributed by atoms with E-state index in [4.69, 9.17) is 43.2 Å². The van der Waals surface area contributed by atoms with Crippen LogP contribution >= 0.6 is 0 Å². The largest absolute Gasteiger partial charge is 0.462 e. The zero-order chi connectivity index (χ0) is 51.2. The van der Waals surface area contributed by atoms with Crippen LogP contribution in [0.2, 0.25) is 0 Å². The number of rotatable bonds is 16. The van der Waals surface area contributed by atoms with E-state index >= 15 is 0 Å². The minimum atomic E-state index is -1.22. The number of esters is 1. The van der Waals surface area contributed by atoms with E-state index in [9.17, 15) is 25.2 Å². The van der Waals surface area contributed by atoms with Crippen LogP contribution in [0, 0.1) is 35.5 Å². The molecule has 1 aromatic rings. The third-order valence-electron chi connectivity index (χ3n) is 15.0. The van der Waals surface area contributed by atoms with Crippen molar-refractivity contribution in [1.82, 2.24) is 9.80 Å². The molecule has 0 amide bonds. The summed E-state index contributed by atoms with van der Waals surface area (Å²) in [6.45, 7) is 19.2. The number of aliphatic hydroxyl groups is 4. The summed E-state index contributed by atoms with van der Waals surface area (Å²) in [5, 5.41) is 50.8. The lowest BCUT2D eigenvalue weighted by Crippen LogP contribution is -2.63. The molecule has 19 atom stereocenters. The first-order chi connectivity index (χ1) is 33.3. The molecule has 5 rings (SSSR count). The molecule has 4 N–H and O–H groups in total. The first kappa shape index (κ1) is 58.1. The molecule has 0 spiro atoms. The molecule has 16 nitrogen and oxygen atoms in total. The Kier molecular flexibility index (Phi) is 23.2. The van der Waals surface area contributed by atoms with E-state index in [0.717, 1.165) is 30.8 Å². The molecule has 398 valence electrons. The van der Waals surface area contributed by atoms with Crippen LogP contribution in [-0.4, -0.2) is 183 Å². The molecular formula is C54H89N3O13. The zero-order valence-electron chi connectivity index (χ0n) is 44.2. The lowest BCUT2D eigenvalue weighted by Gasteiger charge is -2.47. The number of hydrogen-bond donors (Lipinski definition) is 4. The van der Waals surface area contributed by atoms with Crippen molar-refractivity contribution in [1.29, 1.82) is 0 Å². The van der Waals surface area contributed by atoms with Crippen molar-refractivity contribution in [2.24, 2.45) is 40.7 Å². The van der Waals surface area contributed by atoms with Gasteiger partial charge in [-0.3, -0.25) is 4.79 Å². The van der Waals surface area contributed by atoms with E-state index in [0.29, 0.717) is 49.8 Å². The SMILES string of the molecule is CC[C@H]1OC(=O)C[C@@H](O)C(C)[C@@H](O[C@H]2O[C@@H](C)[C@H](O)[C@@H](N(C)C)[C@@H]2O)[C@@H](CCN2CC(C)CC(C)C2)C[C@@H](C)C(=N/OCCc2ccccc2)/C=C/C(C)=C/C1CO[C@H]1O[C@@H](C)[C@H](O)[C@H](OC)[C@@H]1OC. The summed E-state index contributed by atoms with van der Waals surface area (Å²) in [7, 11) is 6.63. The minimum absolute atomic E-state index is 0.0661. The van der Waals surface area contributed by atoms with E-state index in [1.165, 1.54) is 20.6 Å². The number of methoxy groups -OCH3 is 2. The number of likely N-dealkylation sites (N-methyl/N-ethyl adjacent to an activating group) is 1. The van der Waals surface area contributed by atoms with Crippen LogP contribution in [0.5, 0.6) is 0 Å². The van der Waals surface area contributed by atoms with E-state index in [1.807, 2.05) is 57.2 Å². The van der Waals surface area contributed by atoms with Crippen LogP contribution in [0.25, 0.3) is 0 Å². The van der Waals surface area contributed by atoms with Crippen LogP contribution in [0.15, 0.2) is 59.3 Å². The molecule has 3 fully saturated rings. The predicted octanol–water partition coefficient (Wildman–Crippen LogP) is 5.39. The second-order valence-electron chi connectivity index (χ2n) is 21.1. The average molecular weight is 988 g/mol. The monoisotopic (exact) mass is 988 g/mol. The summed E-state index contributed by atoms with van der Waals surface area (Å²) in [6, 6.07) is 9.45. The lowest BCUT2D eigenvalue weighted by atomic mass is 9.79. The van der Waals surface area contributed by atoms with Crippen LogP contribution in [0.4, 0.5) is 0 Å². The van der Waals surface area contributed by atoms with Crippen LogP contribution in [0.1, 0.15) is 93.1 Å². The van der Waals surface area contributed by atoms with Gasteiger partial charge in [-0.05, 0) is 96.5 Å². The molecule has 0 aliphatic carbocycles. The number of nitrogens with zero attached hydrogens (tertiary/aromatic N) is 3. The van der Waals surface area contributed by atoms with Gasteiger partial charge in [-0.2, -0.15) is 0 Å². The number of piperidine rings is 1. The number of oxime groups is 1. The molecule has 4 aliphatic heterocycles. The second-order valence-corrected chi connectivity index (χ2v) is 21.1. The first-order valence-corrected chi connectivity index (χ1v) is 25.9. The molecule has 0 bridgehead atoms. The maximum Gasteiger partial charge on any atom is 0.308 e. The van der Waals surface area contributed by atoms with Crippen molar-refractivity contribution in [3.05, 3.63) is 59.7 Å². The number of cyclic esters (lactones) is 1. The van der Waals surface area contributed by atoms with Gasteiger partial charge in [0.05, 0.1) is 55.3 Å². The Hall–Kier alpha value is -2.84. The maximum atomic E-state index is 14.1. The Bertz CT molecular complexity index is 1790. The van der Waals surface area contributed by atoms with E-state index in [2.05, 4.69) is 37.8 Å². The Morgan fingerprint density at radius 1 is 0.829 bits per heavy atom. The maximum absolute atomic E-state index is 14.1. The minimum Gasteiger partial charge on any atom is -0.462 e. The number of benzene rings is 1. The van der Waals surface area contributed by atoms with Gasteiger partial charge in [-0.25, -0.2) is 0 Å². The van der Waals surface area contributed by atoms with Crippen LogP contribution < -0.4 is 0 Å². The Labute approximate surface area is 418 Å². The second kappa shape index (κ2) is 28.0. The summed E-state index contributed by atoms with van der Waals surface area (Å²) in [4.78, 5) is 24.5. The van der Waals surface area contributed by atoms with Gasteiger partial charge >= 0.3 is 5.97 Å². The molecule has 1 aromatic carbocycles. The number of allylic oxidation sites excluding steroid dienone is 3. The predicted molar refractivity (Wildman–Crippen MR) is 268 cm³/mol. The fraction of sp³-hybridized carbons (Fsp3) is 0.778. The standard InChI is InChI=1S/C54H89N3O13/c1-13-44-41(31-65-54-52(64-12)51(63-11)48(61)38(8)68-54)26-32(2)19-20-42(55-66-24-22-39-17-15-14-16-18-39)35(5)27-40(21-23-57-29-33(3)25-34(4)30-57)50(36(6)43(58)28-45(59)69-44)70-53-49(62)46(56(9)10)47(60)37(7)67-53/h14-20,26,33-38,40-41,43-44,46-54,58,60-62H,13,21-25,27-31H2,1-12H3/b20-19+,32-26+,55-42+/t33?,34?,35-,36?,37+,38+,40+,41?,43-,44-,46-,47+,48+,49+,50-,51+,52+,53-,54+/m1/s1. The highest BCUT2D eigenvalue weighted by molar-refractivity contribution is 5.96. The topological polar surface area (TPSA) is 191 Å². The fourth-order valence-corrected chi connectivity index (χ4v) is 11.1. The molecule has 0 saturated carbocycles. The van der Waals surface area contributed by atoms with Crippen molar-refractivity contribution < 1.29 is 63.2 Å². The van der Waals surface area contributed by atoms with Gasteiger partial charge in [0.25, 0.3) is 0 Å². The molecular weight excluding hydrogens is 899 g/mol. The van der Waals surface area contributed by atoms with Crippen LogP contribution in [-0.2, 0) is 49.2 Å². The van der Waals surface area contributed by atoms with E-state index in [1.54, 1.807) is 32.8 Å². The number of carbonyl (C=O) groups is 1. The molecule has 4 aliphatic rings. The smallest absolute Gasteiger partial charge is 0.308 e. The number of aliphatic hydroxyl groups excluding tert-OH is 4. The number of carbonyl (C=O) groups excluding carboxylic acids is 1. The normalized spacial score (nSPS) is 40.6. The Morgan fingerprint density at radius 2 is 1.49 bits per heavy atom. The average Bonchev–Trinajstić information content (AvgIpc) is 3.31. The molecule has 4 unspecified atom stereocenters. The van der Waals surface area contributed by atoms with Gasteiger partial charge < -0.3 is 68.2 Å². The van der Waals surface area contributed by atoms with Gasteiger partial charge in [0.1, 0.15) is 37.1 Å². The van der Waals surface area contributed by atoms with Crippen molar-refractivity contribution in [3.8, 4) is 0 Å². The van der Waals surface area contributed by atoms with Crippen LogP contribution in [0.3, 0.4) is 0 Å². The first-order valence-electron chi connectivity index (χ1n) is 25.9. The van der Waals surface area contributed by atoms with Crippen molar-refractivity contribution in [2.45, 2.75) is 174 Å². The number of likely N-dealkylation sites (tertiary alicyclic amines) is 1. The molecule has 0 radical (unpaired) electrons.